The highest BCUT2D eigenvalue weighted by molar-refractivity contribution is 7.92. The maximum atomic E-state index is 12.8. The maximum absolute atomic E-state index is 12.8. The summed E-state index contributed by atoms with van der Waals surface area (Å²) >= 11 is 0. The molecule has 0 bridgehead atoms. The Morgan fingerprint density at radius 3 is 2.48 bits per heavy atom. The molecule has 0 aliphatic carbocycles. The second-order valence-corrected chi connectivity index (χ2v) is 7.32. The average Bonchev–Trinajstić information content (AvgIpc) is 2.98. The number of rotatable bonds is 5. The Kier molecular flexibility index (Phi) is 4.50. The molecule has 1 heterocycles. The highest BCUT2D eigenvalue weighted by Crippen LogP contribution is 2.28. The van der Waals surface area contributed by atoms with Crippen molar-refractivity contribution in [1.82, 2.24) is 9.78 Å². The lowest BCUT2D eigenvalue weighted by Gasteiger charge is -2.12. The molecule has 0 spiro atoms. The van der Waals surface area contributed by atoms with E-state index in [0.29, 0.717) is 17.1 Å². The number of nitrogens with zero attached hydrogens (tertiary/aromatic N) is 2. The fourth-order valence-corrected chi connectivity index (χ4v) is 3.75. The predicted octanol–water partition coefficient (Wildman–Crippen LogP) is 3.30. The largest absolute Gasteiger partial charge is 0.495 e. The van der Waals surface area contributed by atoms with Crippen molar-refractivity contribution in [2.75, 3.05) is 11.8 Å². The van der Waals surface area contributed by atoms with Crippen LogP contribution in [-0.4, -0.2) is 25.3 Å². The van der Waals surface area contributed by atoms with Crippen molar-refractivity contribution in [3.63, 3.8) is 0 Å². The van der Waals surface area contributed by atoms with Crippen LogP contribution in [0.4, 0.5) is 5.69 Å². The summed E-state index contributed by atoms with van der Waals surface area (Å²) in [6, 6.07) is 14.7. The Bertz CT molecular complexity index is 996. The van der Waals surface area contributed by atoms with Gasteiger partial charge in [0.1, 0.15) is 10.6 Å². The van der Waals surface area contributed by atoms with Crippen molar-refractivity contribution in [2.45, 2.75) is 18.7 Å². The van der Waals surface area contributed by atoms with Gasteiger partial charge in [0.2, 0.25) is 0 Å². The minimum absolute atomic E-state index is 0.125. The van der Waals surface area contributed by atoms with Gasteiger partial charge in [-0.05, 0) is 43.7 Å². The van der Waals surface area contributed by atoms with Gasteiger partial charge in [-0.3, -0.25) is 4.72 Å². The van der Waals surface area contributed by atoms with Gasteiger partial charge in [0.25, 0.3) is 10.0 Å². The molecule has 0 aliphatic rings. The zero-order valence-electron chi connectivity index (χ0n) is 14.2. The van der Waals surface area contributed by atoms with Gasteiger partial charge in [-0.1, -0.05) is 24.3 Å². The average molecular weight is 357 g/mol. The predicted molar refractivity (Wildman–Crippen MR) is 96.8 cm³/mol. The Hall–Kier alpha value is -2.80. The van der Waals surface area contributed by atoms with Gasteiger partial charge in [0, 0.05) is 0 Å². The van der Waals surface area contributed by atoms with Gasteiger partial charge in [0.05, 0.1) is 30.4 Å². The van der Waals surface area contributed by atoms with Crippen LogP contribution in [0, 0.1) is 13.8 Å². The molecule has 3 aromatic rings. The first kappa shape index (κ1) is 17.0. The van der Waals surface area contributed by atoms with Crippen LogP contribution in [0.5, 0.6) is 5.75 Å². The van der Waals surface area contributed by atoms with E-state index in [1.54, 1.807) is 23.7 Å². The van der Waals surface area contributed by atoms with Gasteiger partial charge in [-0.15, -0.1) is 0 Å². The molecule has 3 rings (SSSR count). The molecule has 0 saturated heterocycles. The highest BCUT2D eigenvalue weighted by Gasteiger charge is 2.22. The van der Waals surface area contributed by atoms with Crippen molar-refractivity contribution in [1.29, 1.82) is 0 Å². The number of sulfonamides is 1. The number of ether oxygens (including phenoxy) is 1. The summed E-state index contributed by atoms with van der Waals surface area (Å²) in [6.45, 7) is 3.55. The summed E-state index contributed by atoms with van der Waals surface area (Å²) in [5.74, 6) is 0.460. The first-order chi connectivity index (χ1) is 11.9. The normalized spacial score (nSPS) is 11.3. The molecule has 0 radical (unpaired) electrons. The third-order valence-electron chi connectivity index (χ3n) is 3.76. The monoisotopic (exact) mass is 357 g/mol. The van der Waals surface area contributed by atoms with Crippen LogP contribution in [0.3, 0.4) is 0 Å². The van der Waals surface area contributed by atoms with E-state index in [2.05, 4.69) is 9.82 Å². The smallest absolute Gasteiger partial charge is 0.265 e. The van der Waals surface area contributed by atoms with Crippen LogP contribution in [-0.2, 0) is 10.0 Å². The molecule has 0 fully saturated rings. The Morgan fingerprint density at radius 2 is 1.80 bits per heavy atom. The molecule has 0 atom stereocenters. The number of nitrogens with one attached hydrogen (secondary N) is 1. The van der Waals surface area contributed by atoms with E-state index in [-0.39, 0.29) is 4.90 Å². The molecular weight excluding hydrogens is 338 g/mol. The van der Waals surface area contributed by atoms with Gasteiger partial charge < -0.3 is 4.74 Å². The SMILES string of the molecule is COc1ccc(C)cc1NS(=O)(=O)c1cn(-c2ccccc2)nc1C. The highest BCUT2D eigenvalue weighted by atomic mass is 32.2. The van der Waals surface area contributed by atoms with E-state index in [9.17, 15) is 8.42 Å². The summed E-state index contributed by atoms with van der Waals surface area (Å²) in [6.07, 6.45) is 1.51. The fraction of sp³-hybridized carbons (Fsp3) is 0.167. The van der Waals surface area contributed by atoms with Crippen LogP contribution >= 0.6 is 0 Å². The van der Waals surface area contributed by atoms with E-state index in [1.165, 1.54) is 13.3 Å². The summed E-state index contributed by atoms with van der Waals surface area (Å²) in [5, 5.41) is 4.32. The lowest BCUT2D eigenvalue weighted by atomic mass is 10.2. The molecule has 2 aromatic carbocycles. The summed E-state index contributed by atoms with van der Waals surface area (Å²) in [4.78, 5) is 0.125. The zero-order chi connectivity index (χ0) is 18.0. The summed E-state index contributed by atoms with van der Waals surface area (Å²) in [7, 11) is -2.29. The molecule has 0 unspecified atom stereocenters. The molecule has 6 nitrogen and oxygen atoms in total. The molecule has 0 saturated carbocycles. The van der Waals surface area contributed by atoms with Gasteiger partial charge in [0.15, 0.2) is 0 Å². The number of hydrogen-bond acceptors (Lipinski definition) is 4. The minimum atomic E-state index is -3.79. The fourth-order valence-electron chi connectivity index (χ4n) is 2.52. The molecule has 0 aliphatic heterocycles. The Labute approximate surface area is 147 Å². The lowest BCUT2D eigenvalue weighted by Crippen LogP contribution is -2.14. The molecule has 1 N–H and O–H groups in total. The number of hydrogen-bond donors (Lipinski definition) is 1. The molecule has 1 aromatic heterocycles. The number of benzene rings is 2. The molecule has 7 heteroatoms. The summed E-state index contributed by atoms with van der Waals surface area (Å²) in [5.41, 5.74) is 2.53. The lowest BCUT2D eigenvalue weighted by molar-refractivity contribution is 0.417. The number of anilines is 1. The molecule has 0 amide bonds. The van der Waals surface area contributed by atoms with Crippen molar-refractivity contribution >= 4 is 15.7 Å². The second kappa shape index (κ2) is 6.60. The van der Waals surface area contributed by atoms with Crippen LogP contribution in [0.25, 0.3) is 5.69 Å². The number of methoxy groups -OCH3 is 1. The number of para-hydroxylation sites is 1. The van der Waals surface area contributed by atoms with Crippen LogP contribution in [0.1, 0.15) is 11.3 Å². The van der Waals surface area contributed by atoms with E-state index >= 15 is 0 Å². The maximum Gasteiger partial charge on any atom is 0.265 e. The van der Waals surface area contributed by atoms with Crippen molar-refractivity contribution in [2.24, 2.45) is 0 Å². The quantitative estimate of drug-likeness (QED) is 0.760. The second-order valence-electron chi connectivity index (χ2n) is 5.67. The standard InChI is InChI=1S/C18H19N3O3S/c1-13-9-10-17(24-3)16(11-13)20-25(22,23)18-12-21(19-14(18)2)15-7-5-4-6-8-15/h4-12,20H,1-3H3. The first-order valence-electron chi connectivity index (χ1n) is 7.70. The zero-order valence-corrected chi connectivity index (χ0v) is 15.0. The Balaban J connectivity index is 1.99. The first-order valence-corrected chi connectivity index (χ1v) is 9.18. The molecular formula is C18H19N3O3S. The van der Waals surface area contributed by atoms with E-state index in [0.717, 1.165) is 11.3 Å². The van der Waals surface area contributed by atoms with Gasteiger partial charge >= 0.3 is 0 Å². The van der Waals surface area contributed by atoms with E-state index in [4.69, 9.17) is 4.74 Å². The topological polar surface area (TPSA) is 73.2 Å². The molecule has 25 heavy (non-hydrogen) atoms. The van der Waals surface area contributed by atoms with Crippen molar-refractivity contribution in [3.8, 4) is 11.4 Å². The molecule has 130 valence electrons. The van der Waals surface area contributed by atoms with Crippen LogP contribution in [0.2, 0.25) is 0 Å². The Morgan fingerprint density at radius 1 is 1.08 bits per heavy atom. The number of aromatic nitrogens is 2. The van der Waals surface area contributed by atoms with E-state index in [1.807, 2.05) is 43.3 Å². The van der Waals surface area contributed by atoms with Crippen molar-refractivity contribution in [3.05, 3.63) is 66.0 Å². The third kappa shape index (κ3) is 3.51. The van der Waals surface area contributed by atoms with E-state index < -0.39 is 10.0 Å². The third-order valence-corrected chi connectivity index (χ3v) is 5.23. The van der Waals surface area contributed by atoms with Crippen LogP contribution in [0.15, 0.2) is 59.6 Å². The van der Waals surface area contributed by atoms with Gasteiger partial charge in [-0.2, -0.15) is 5.10 Å². The number of aryl methyl sites for hydroxylation is 2. The van der Waals surface area contributed by atoms with Crippen molar-refractivity contribution < 1.29 is 13.2 Å². The van der Waals surface area contributed by atoms with Gasteiger partial charge in [-0.25, -0.2) is 13.1 Å². The van der Waals surface area contributed by atoms with Crippen LogP contribution < -0.4 is 9.46 Å². The minimum Gasteiger partial charge on any atom is -0.495 e. The summed E-state index contributed by atoms with van der Waals surface area (Å²) < 4.78 is 35.0.